The van der Waals surface area contributed by atoms with E-state index in [4.69, 9.17) is 4.74 Å². The zero-order valence-electron chi connectivity index (χ0n) is 11.3. The van der Waals surface area contributed by atoms with Gasteiger partial charge in [-0.2, -0.15) is 0 Å². The van der Waals surface area contributed by atoms with Crippen LogP contribution in [0.3, 0.4) is 0 Å². The molecular formula is C17H12BrNOS. The van der Waals surface area contributed by atoms with Gasteiger partial charge in [0.25, 0.3) is 0 Å². The van der Waals surface area contributed by atoms with E-state index in [2.05, 4.69) is 69.7 Å². The Balaban J connectivity index is 1.83. The number of hydrogen-bond donors (Lipinski definition) is 0. The molecule has 3 aromatic rings. The van der Waals surface area contributed by atoms with Gasteiger partial charge in [-0.15, -0.1) is 11.3 Å². The van der Waals surface area contributed by atoms with Crippen molar-refractivity contribution in [1.29, 1.82) is 0 Å². The minimum absolute atomic E-state index is 0.878. The number of nitrogens with zero attached hydrogens (tertiary/aromatic N) is 1. The quantitative estimate of drug-likeness (QED) is 0.525. The number of hydrogen-bond acceptors (Lipinski definition) is 3. The molecule has 1 aromatic heterocycles. The predicted molar refractivity (Wildman–Crippen MR) is 92.0 cm³/mol. The maximum absolute atomic E-state index is 6.10. The average molecular weight is 358 g/mol. The first-order valence-electron chi connectivity index (χ1n) is 6.61. The summed E-state index contributed by atoms with van der Waals surface area (Å²) in [6, 6.07) is 16.7. The first kappa shape index (κ1) is 12.9. The van der Waals surface area contributed by atoms with Gasteiger partial charge in [-0.05, 0) is 47.3 Å². The summed E-state index contributed by atoms with van der Waals surface area (Å²) in [7, 11) is 2.07. The molecule has 1 aliphatic rings. The zero-order valence-corrected chi connectivity index (χ0v) is 13.7. The van der Waals surface area contributed by atoms with Crippen LogP contribution < -0.4 is 9.64 Å². The fourth-order valence-corrected chi connectivity index (χ4v) is 3.63. The second-order valence-electron chi connectivity index (χ2n) is 4.93. The van der Waals surface area contributed by atoms with Crippen molar-refractivity contribution in [2.24, 2.45) is 0 Å². The van der Waals surface area contributed by atoms with Crippen LogP contribution in [-0.2, 0) is 0 Å². The van der Waals surface area contributed by atoms with Crippen molar-refractivity contribution >= 4 is 38.6 Å². The molecule has 21 heavy (non-hydrogen) atoms. The van der Waals surface area contributed by atoms with Crippen LogP contribution in [0.25, 0.3) is 10.4 Å². The van der Waals surface area contributed by atoms with E-state index < -0.39 is 0 Å². The summed E-state index contributed by atoms with van der Waals surface area (Å²) in [4.78, 5) is 3.42. The molecule has 0 unspecified atom stereocenters. The number of benzene rings is 2. The lowest BCUT2D eigenvalue weighted by atomic mass is 10.1. The minimum Gasteiger partial charge on any atom is -0.453 e. The van der Waals surface area contributed by atoms with Crippen molar-refractivity contribution in [2.45, 2.75) is 0 Å². The summed E-state index contributed by atoms with van der Waals surface area (Å²) >= 11 is 5.24. The lowest BCUT2D eigenvalue weighted by molar-refractivity contribution is 0.475. The molecule has 0 saturated heterocycles. The first-order chi connectivity index (χ1) is 10.2. The highest BCUT2D eigenvalue weighted by Gasteiger charge is 2.22. The summed E-state index contributed by atoms with van der Waals surface area (Å²) in [5, 5.41) is 2.09. The number of thiophene rings is 1. The molecule has 2 heterocycles. The second-order valence-corrected chi connectivity index (χ2v) is 6.80. The summed E-state index contributed by atoms with van der Waals surface area (Å²) < 4.78 is 7.12. The molecule has 0 spiro atoms. The molecule has 0 amide bonds. The summed E-state index contributed by atoms with van der Waals surface area (Å²) in [6.07, 6.45) is 0. The molecule has 0 aliphatic carbocycles. The molecule has 0 atom stereocenters. The Labute approximate surface area is 135 Å². The van der Waals surface area contributed by atoms with Gasteiger partial charge >= 0.3 is 0 Å². The van der Waals surface area contributed by atoms with Crippen molar-refractivity contribution in [3.05, 3.63) is 58.4 Å². The van der Waals surface area contributed by atoms with Gasteiger partial charge in [0.2, 0.25) is 0 Å². The summed E-state index contributed by atoms with van der Waals surface area (Å²) in [6.45, 7) is 0. The molecule has 104 valence electrons. The van der Waals surface area contributed by atoms with Crippen LogP contribution in [0.5, 0.6) is 11.5 Å². The Morgan fingerprint density at radius 3 is 2.52 bits per heavy atom. The molecule has 4 rings (SSSR count). The van der Waals surface area contributed by atoms with Crippen molar-refractivity contribution in [2.75, 3.05) is 11.9 Å². The highest BCUT2D eigenvalue weighted by atomic mass is 79.9. The lowest BCUT2D eigenvalue weighted by Crippen LogP contribution is -2.15. The van der Waals surface area contributed by atoms with E-state index in [-0.39, 0.29) is 0 Å². The van der Waals surface area contributed by atoms with Crippen LogP contribution in [-0.4, -0.2) is 7.05 Å². The van der Waals surface area contributed by atoms with E-state index >= 15 is 0 Å². The first-order valence-corrected chi connectivity index (χ1v) is 8.29. The third-order valence-corrected chi connectivity index (χ3v) is 5.04. The van der Waals surface area contributed by atoms with E-state index in [9.17, 15) is 0 Å². The van der Waals surface area contributed by atoms with E-state index in [1.807, 2.05) is 12.1 Å². The highest BCUT2D eigenvalue weighted by molar-refractivity contribution is 9.10. The Hall–Kier alpha value is -1.78. The Morgan fingerprint density at radius 2 is 1.76 bits per heavy atom. The van der Waals surface area contributed by atoms with Gasteiger partial charge in [0, 0.05) is 16.4 Å². The molecule has 2 aromatic carbocycles. The van der Waals surface area contributed by atoms with Gasteiger partial charge in [-0.3, -0.25) is 0 Å². The van der Waals surface area contributed by atoms with Gasteiger partial charge in [0.15, 0.2) is 11.5 Å². The van der Waals surface area contributed by atoms with Gasteiger partial charge in [-0.25, -0.2) is 0 Å². The third kappa shape index (κ3) is 2.15. The van der Waals surface area contributed by atoms with E-state index in [1.54, 1.807) is 11.3 Å². The monoisotopic (exact) mass is 357 g/mol. The summed E-state index contributed by atoms with van der Waals surface area (Å²) in [5.74, 6) is 1.77. The predicted octanol–water partition coefficient (Wildman–Crippen LogP) is 6.05. The number of rotatable bonds is 1. The summed E-state index contributed by atoms with van der Waals surface area (Å²) in [5.41, 5.74) is 3.36. The van der Waals surface area contributed by atoms with Crippen LogP contribution >= 0.6 is 27.3 Å². The molecule has 2 nitrogen and oxygen atoms in total. The van der Waals surface area contributed by atoms with Crippen molar-refractivity contribution in [3.63, 3.8) is 0 Å². The highest BCUT2D eigenvalue weighted by Crippen LogP contribution is 2.47. The van der Waals surface area contributed by atoms with E-state index in [1.165, 1.54) is 10.4 Å². The maximum Gasteiger partial charge on any atom is 0.152 e. The molecular weight excluding hydrogens is 346 g/mol. The van der Waals surface area contributed by atoms with E-state index in [0.29, 0.717) is 0 Å². The van der Waals surface area contributed by atoms with Crippen LogP contribution in [0.4, 0.5) is 11.4 Å². The number of anilines is 2. The molecule has 0 saturated carbocycles. The molecule has 0 radical (unpaired) electrons. The Morgan fingerprint density at radius 1 is 1.00 bits per heavy atom. The molecule has 0 fully saturated rings. The standard InChI is InChI=1S/C17H12BrNOS/c1-19-13-6-4-11(17-3-2-8-21-17)9-15(13)20-16-10-12(18)5-7-14(16)19/h2-10H,1H3. The Kier molecular flexibility index (Phi) is 3.01. The molecule has 0 bridgehead atoms. The van der Waals surface area contributed by atoms with Crippen molar-refractivity contribution < 1.29 is 4.74 Å². The molecule has 4 heteroatoms. The third-order valence-electron chi connectivity index (χ3n) is 3.63. The number of ether oxygens (including phenoxy) is 1. The van der Waals surface area contributed by atoms with Crippen LogP contribution in [0, 0.1) is 0 Å². The number of fused-ring (bicyclic) bond motifs is 2. The number of halogens is 1. The molecule has 1 aliphatic heterocycles. The van der Waals surface area contributed by atoms with Crippen molar-refractivity contribution in [1.82, 2.24) is 0 Å². The van der Waals surface area contributed by atoms with Crippen molar-refractivity contribution in [3.8, 4) is 21.9 Å². The van der Waals surface area contributed by atoms with Crippen LogP contribution in [0.15, 0.2) is 58.4 Å². The van der Waals surface area contributed by atoms with Gasteiger partial charge < -0.3 is 9.64 Å². The van der Waals surface area contributed by atoms with Gasteiger partial charge in [-0.1, -0.05) is 28.1 Å². The normalized spacial score (nSPS) is 12.6. The fraction of sp³-hybridized carbons (Fsp3) is 0.0588. The molecule has 0 N–H and O–H groups in total. The second kappa shape index (κ2) is 4.90. The van der Waals surface area contributed by atoms with Crippen LogP contribution in [0.1, 0.15) is 0 Å². The van der Waals surface area contributed by atoms with Gasteiger partial charge in [0.05, 0.1) is 11.4 Å². The minimum atomic E-state index is 0.878. The fourth-order valence-electron chi connectivity index (χ4n) is 2.56. The Bertz CT molecular complexity index is 814. The zero-order chi connectivity index (χ0) is 14.4. The lowest BCUT2D eigenvalue weighted by Gasteiger charge is -2.30. The SMILES string of the molecule is CN1c2ccc(Br)cc2Oc2cc(-c3cccs3)ccc21. The average Bonchev–Trinajstić information content (AvgIpc) is 3.01. The largest absolute Gasteiger partial charge is 0.453 e. The van der Waals surface area contributed by atoms with E-state index in [0.717, 1.165) is 27.3 Å². The van der Waals surface area contributed by atoms with Crippen LogP contribution in [0.2, 0.25) is 0 Å². The topological polar surface area (TPSA) is 12.5 Å². The van der Waals surface area contributed by atoms with Gasteiger partial charge in [0.1, 0.15) is 0 Å². The smallest absolute Gasteiger partial charge is 0.152 e. The maximum atomic E-state index is 6.10.